The fourth-order valence-corrected chi connectivity index (χ4v) is 3.94. The summed E-state index contributed by atoms with van der Waals surface area (Å²) in [6, 6.07) is 7.69. The van der Waals surface area contributed by atoms with Crippen molar-refractivity contribution < 1.29 is 14.2 Å². The molecule has 0 saturated carbocycles. The lowest BCUT2D eigenvalue weighted by Gasteiger charge is -2.20. The molecule has 1 aromatic carbocycles. The van der Waals surface area contributed by atoms with Crippen molar-refractivity contribution in [2.24, 2.45) is 4.99 Å². The summed E-state index contributed by atoms with van der Waals surface area (Å²) >= 11 is 6.29. The van der Waals surface area contributed by atoms with Gasteiger partial charge in [0.15, 0.2) is 5.96 Å². The highest BCUT2D eigenvalue weighted by atomic mass is 127. The Bertz CT molecular complexity index is 890. The molecule has 176 valence electrons. The van der Waals surface area contributed by atoms with E-state index in [9.17, 15) is 0 Å². The molecule has 1 saturated heterocycles. The number of anilines is 1. The lowest BCUT2D eigenvalue weighted by Crippen LogP contribution is -2.45. The maximum absolute atomic E-state index is 6.29. The number of guanidine groups is 1. The molecular formula is C22H31ClIN5O3. The minimum Gasteiger partial charge on any atom is -0.496 e. The second kappa shape index (κ2) is 12.8. The van der Waals surface area contributed by atoms with Crippen LogP contribution in [0.4, 0.5) is 5.82 Å². The molecular weight excluding hydrogens is 545 g/mol. The number of pyridine rings is 1. The molecule has 10 heteroatoms. The summed E-state index contributed by atoms with van der Waals surface area (Å²) in [6.45, 7) is 2.38. The average Bonchev–Trinajstić information content (AvgIpc) is 3.26. The monoisotopic (exact) mass is 575 g/mol. The van der Waals surface area contributed by atoms with Crippen molar-refractivity contribution in [3.05, 3.63) is 41.0 Å². The third kappa shape index (κ3) is 6.44. The summed E-state index contributed by atoms with van der Waals surface area (Å²) in [5.41, 5.74) is 0.977. The SMILES string of the molecule is CN=C(NCCc1c(OC)cc(OC)cc1OC)NC1CCN(c2ncccc2Cl)C1.I. The van der Waals surface area contributed by atoms with Crippen LogP contribution < -0.4 is 29.7 Å². The Hall–Kier alpha value is -2.14. The van der Waals surface area contributed by atoms with E-state index >= 15 is 0 Å². The predicted molar refractivity (Wildman–Crippen MR) is 140 cm³/mol. The van der Waals surface area contributed by atoms with E-state index in [-0.39, 0.29) is 30.0 Å². The van der Waals surface area contributed by atoms with Gasteiger partial charge in [0, 0.05) is 56.6 Å². The molecule has 2 aromatic rings. The van der Waals surface area contributed by atoms with Crippen LogP contribution in [0.1, 0.15) is 12.0 Å². The number of rotatable bonds is 8. The number of halogens is 2. The fraction of sp³-hybridized carbons (Fsp3) is 0.455. The van der Waals surface area contributed by atoms with Crippen LogP contribution in [-0.4, -0.2) is 65.0 Å². The van der Waals surface area contributed by atoms with Crippen molar-refractivity contribution in [3.8, 4) is 17.2 Å². The Morgan fingerprint density at radius 2 is 1.94 bits per heavy atom. The van der Waals surface area contributed by atoms with Crippen LogP contribution >= 0.6 is 35.6 Å². The van der Waals surface area contributed by atoms with Gasteiger partial charge in [0.2, 0.25) is 0 Å². The normalized spacial score (nSPS) is 15.7. The van der Waals surface area contributed by atoms with Gasteiger partial charge >= 0.3 is 0 Å². The molecule has 1 aliphatic rings. The minimum atomic E-state index is 0. The predicted octanol–water partition coefficient (Wildman–Crippen LogP) is 3.37. The molecule has 0 bridgehead atoms. The van der Waals surface area contributed by atoms with Crippen molar-refractivity contribution in [1.29, 1.82) is 0 Å². The second-order valence-electron chi connectivity index (χ2n) is 7.14. The third-order valence-corrected chi connectivity index (χ3v) is 5.57. The van der Waals surface area contributed by atoms with Gasteiger partial charge in [-0.2, -0.15) is 0 Å². The summed E-state index contributed by atoms with van der Waals surface area (Å²) in [7, 11) is 6.68. The first-order valence-electron chi connectivity index (χ1n) is 10.2. The standard InChI is InChI=1S/C22H30ClN5O3.HI/c1-24-22(27-15-8-11-28(14-15)21-18(23)6-5-9-25-21)26-10-7-17-19(30-3)12-16(29-2)13-20(17)31-4;/h5-6,9,12-13,15H,7-8,10-11,14H2,1-4H3,(H2,24,26,27);1H. The maximum atomic E-state index is 6.29. The molecule has 0 radical (unpaired) electrons. The molecule has 1 fully saturated rings. The van der Waals surface area contributed by atoms with Gasteiger partial charge in [0.1, 0.15) is 23.1 Å². The second-order valence-corrected chi connectivity index (χ2v) is 7.55. The van der Waals surface area contributed by atoms with Crippen molar-refractivity contribution in [3.63, 3.8) is 0 Å². The smallest absolute Gasteiger partial charge is 0.191 e. The topological polar surface area (TPSA) is 80.2 Å². The number of nitrogens with zero attached hydrogens (tertiary/aromatic N) is 3. The first-order valence-corrected chi connectivity index (χ1v) is 10.6. The van der Waals surface area contributed by atoms with E-state index in [0.717, 1.165) is 48.4 Å². The van der Waals surface area contributed by atoms with Gasteiger partial charge in [-0.15, -0.1) is 24.0 Å². The van der Waals surface area contributed by atoms with E-state index in [1.807, 2.05) is 24.3 Å². The van der Waals surface area contributed by atoms with Crippen molar-refractivity contribution >= 4 is 47.4 Å². The number of aliphatic imine (C=N–C) groups is 1. The number of methoxy groups -OCH3 is 3. The summed E-state index contributed by atoms with van der Waals surface area (Å²) in [5.74, 6) is 3.75. The highest BCUT2D eigenvalue weighted by Crippen LogP contribution is 2.34. The first kappa shape index (κ1) is 26.1. The van der Waals surface area contributed by atoms with Crippen LogP contribution in [0, 0.1) is 0 Å². The molecule has 0 amide bonds. The number of nitrogens with one attached hydrogen (secondary N) is 2. The van der Waals surface area contributed by atoms with Gasteiger partial charge in [-0.3, -0.25) is 4.99 Å². The van der Waals surface area contributed by atoms with Crippen molar-refractivity contribution in [2.45, 2.75) is 18.9 Å². The van der Waals surface area contributed by atoms with E-state index in [2.05, 4.69) is 25.5 Å². The Kier molecular flexibility index (Phi) is 10.4. The van der Waals surface area contributed by atoms with Gasteiger partial charge in [-0.05, 0) is 25.0 Å². The molecule has 0 spiro atoms. The van der Waals surface area contributed by atoms with Crippen LogP contribution in [-0.2, 0) is 6.42 Å². The number of ether oxygens (including phenoxy) is 3. The molecule has 32 heavy (non-hydrogen) atoms. The highest BCUT2D eigenvalue weighted by molar-refractivity contribution is 14.0. The molecule has 2 N–H and O–H groups in total. The van der Waals surface area contributed by atoms with Crippen LogP contribution in [0.2, 0.25) is 5.02 Å². The lowest BCUT2D eigenvalue weighted by molar-refractivity contribution is 0.368. The minimum absolute atomic E-state index is 0. The summed E-state index contributed by atoms with van der Waals surface area (Å²) < 4.78 is 16.4. The Morgan fingerprint density at radius 3 is 2.53 bits per heavy atom. The van der Waals surface area contributed by atoms with Crippen molar-refractivity contribution in [1.82, 2.24) is 15.6 Å². The number of benzene rings is 1. The average molecular weight is 576 g/mol. The largest absolute Gasteiger partial charge is 0.496 e. The van der Waals surface area contributed by atoms with Crippen LogP contribution in [0.3, 0.4) is 0 Å². The molecule has 2 heterocycles. The molecule has 0 aliphatic carbocycles. The zero-order valence-electron chi connectivity index (χ0n) is 18.9. The van der Waals surface area contributed by atoms with Crippen LogP contribution in [0.25, 0.3) is 0 Å². The highest BCUT2D eigenvalue weighted by Gasteiger charge is 2.25. The first-order chi connectivity index (χ1) is 15.1. The van der Waals surface area contributed by atoms with Gasteiger partial charge in [0.05, 0.1) is 26.4 Å². The van der Waals surface area contributed by atoms with Crippen molar-refractivity contribution in [2.75, 3.05) is 52.9 Å². The van der Waals surface area contributed by atoms with E-state index in [0.29, 0.717) is 23.7 Å². The Morgan fingerprint density at radius 1 is 1.22 bits per heavy atom. The maximum Gasteiger partial charge on any atom is 0.191 e. The Balaban J connectivity index is 0.00000363. The lowest BCUT2D eigenvalue weighted by atomic mass is 10.1. The number of hydrogen-bond acceptors (Lipinski definition) is 6. The van der Waals surface area contributed by atoms with Gasteiger partial charge in [0.25, 0.3) is 0 Å². The van der Waals surface area contributed by atoms with Crippen LogP contribution in [0.5, 0.6) is 17.2 Å². The van der Waals surface area contributed by atoms with Gasteiger partial charge in [-0.25, -0.2) is 4.98 Å². The van der Waals surface area contributed by atoms with E-state index in [1.54, 1.807) is 34.6 Å². The number of hydrogen-bond donors (Lipinski definition) is 2. The summed E-state index contributed by atoms with van der Waals surface area (Å²) in [5, 5.41) is 7.54. The fourth-order valence-electron chi connectivity index (χ4n) is 3.70. The van der Waals surface area contributed by atoms with E-state index in [1.165, 1.54) is 0 Å². The molecule has 3 rings (SSSR count). The summed E-state index contributed by atoms with van der Waals surface area (Å²) in [4.78, 5) is 11.0. The molecule has 1 aliphatic heterocycles. The van der Waals surface area contributed by atoms with E-state index in [4.69, 9.17) is 25.8 Å². The molecule has 1 aromatic heterocycles. The number of aromatic nitrogens is 1. The van der Waals surface area contributed by atoms with Gasteiger partial charge < -0.3 is 29.7 Å². The van der Waals surface area contributed by atoms with E-state index < -0.39 is 0 Å². The molecule has 1 atom stereocenters. The molecule has 8 nitrogen and oxygen atoms in total. The van der Waals surface area contributed by atoms with Crippen LogP contribution in [0.15, 0.2) is 35.5 Å². The zero-order valence-corrected chi connectivity index (χ0v) is 21.9. The quantitative estimate of drug-likeness (QED) is 0.284. The third-order valence-electron chi connectivity index (χ3n) is 5.28. The zero-order chi connectivity index (χ0) is 22.2. The Labute approximate surface area is 211 Å². The molecule has 1 unspecified atom stereocenters. The van der Waals surface area contributed by atoms with Gasteiger partial charge in [-0.1, -0.05) is 11.6 Å². The summed E-state index contributed by atoms with van der Waals surface area (Å²) in [6.07, 6.45) is 3.45.